The first-order valence-electron chi connectivity index (χ1n) is 14.1. The van der Waals surface area contributed by atoms with E-state index in [1.165, 1.54) is 57.8 Å². The lowest BCUT2D eigenvalue weighted by atomic mass is 9.31. The molecule has 10 atom stereocenters. The molecule has 0 unspecified atom stereocenters. The summed E-state index contributed by atoms with van der Waals surface area (Å²) in [6.45, 7) is 18.9. The van der Waals surface area contributed by atoms with E-state index in [4.69, 9.17) is 4.74 Å². The summed E-state index contributed by atoms with van der Waals surface area (Å²) in [5.41, 5.74) is 2.16. The fourth-order valence-electron chi connectivity index (χ4n) is 12.0. The number of ether oxygens (including phenoxy) is 1. The van der Waals surface area contributed by atoms with E-state index < -0.39 is 0 Å². The second-order valence-corrected chi connectivity index (χ2v) is 15.7. The van der Waals surface area contributed by atoms with Gasteiger partial charge in [0.05, 0.1) is 18.8 Å². The number of hydrogen-bond donors (Lipinski definition) is 1. The van der Waals surface area contributed by atoms with E-state index in [1.54, 1.807) is 0 Å². The van der Waals surface area contributed by atoms with Gasteiger partial charge in [0.15, 0.2) is 0 Å². The molecule has 6 rings (SSSR count). The third kappa shape index (κ3) is 2.41. The molecule has 0 aromatic rings. The maximum Gasteiger partial charge on any atom is 0.0663 e. The van der Waals surface area contributed by atoms with Crippen LogP contribution >= 0.6 is 0 Å². The third-order valence-electron chi connectivity index (χ3n) is 14.1. The Morgan fingerprint density at radius 2 is 1.41 bits per heavy atom. The number of aliphatic hydroxyl groups is 1. The van der Waals surface area contributed by atoms with Gasteiger partial charge in [0.2, 0.25) is 0 Å². The maximum atomic E-state index is 10.9. The van der Waals surface area contributed by atoms with Gasteiger partial charge in [0.25, 0.3) is 0 Å². The van der Waals surface area contributed by atoms with Gasteiger partial charge in [-0.05, 0) is 120 Å². The van der Waals surface area contributed by atoms with Crippen molar-refractivity contribution < 1.29 is 9.84 Å². The zero-order valence-corrected chi connectivity index (χ0v) is 22.1. The molecule has 0 amide bonds. The van der Waals surface area contributed by atoms with E-state index in [1.807, 2.05) is 0 Å². The highest BCUT2D eigenvalue weighted by Crippen LogP contribution is 2.78. The number of hydrogen-bond acceptors (Lipinski definition) is 2. The molecule has 1 saturated heterocycles. The second-order valence-electron chi connectivity index (χ2n) is 15.7. The Morgan fingerprint density at radius 1 is 0.688 bits per heavy atom. The Kier molecular flexibility index (Phi) is 4.46. The summed E-state index contributed by atoms with van der Waals surface area (Å²) in [5.74, 6) is 3.11. The van der Waals surface area contributed by atoms with Crippen LogP contribution in [0.15, 0.2) is 0 Å². The van der Waals surface area contributed by atoms with Crippen molar-refractivity contribution in [2.75, 3.05) is 6.61 Å². The number of rotatable bonds is 0. The largest absolute Gasteiger partial charge is 0.393 e. The summed E-state index contributed by atoms with van der Waals surface area (Å²) in [7, 11) is 0. The average Bonchev–Trinajstić information content (AvgIpc) is 3.05. The third-order valence-corrected chi connectivity index (χ3v) is 14.1. The molecule has 6 fully saturated rings. The molecule has 0 spiro atoms. The Bertz CT molecular complexity index is 801. The van der Waals surface area contributed by atoms with E-state index in [2.05, 4.69) is 48.5 Å². The van der Waals surface area contributed by atoms with E-state index >= 15 is 0 Å². The molecule has 1 N–H and O–H groups in total. The van der Waals surface area contributed by atoms with Crippen LogP contribution in [0.25, 0.3) is 0 Å². The second kappa shape index (κ2) is 6.37. The smallest absolute Gasteiger partial charge is 0.0663 e. The Hall–Kier alpha value is -0.0800. The van der Waals surface area contributed by atoms with Gasteiger partial charge in [-0.1, -0.05) is 48.5 Å². The summed E-state index contributed by atoms with van der Waals surface area (Å²) in [4.78, 5) is 0. The minimum Gasteiger partial charge on any atom is -0.393 e. The van der Waals surface area contributed by atoms with Gasteiger partial charge in [0, 0.05) is 0 Å². The average molecular weight is 443 g/mol. The first kappa shape index (κ1) is 22.4. The summed E-state index contributed by atoms with van der Waals surface area (Å²) < 4.78 is 6.71. The SMILES string of the molecule is CC1(C)CC[C@]23CC[C@]4(C)[C@H](CC[C@@H]5[C@]6(C)CC[C@H](O)C(C)(C)[C@@H]6CC[C@]54C)[C@H]2[C@@H]1OC3. The summed E-state index contributed by atoms with van der Waals surface area (Å²) in [6.07, 6.45) is 13.7. The molecule has 6 aliphatic rings. The highest BCUT2D eigenvalue weighted by atomic mass is 16.5. The van der Waals surface area contributed by atoms with Crippen LogP contribution in [0, 0.1) is 56.2 Å². The van der Waals surface area contributed by atoms with Crippen LogP contribution in [0.5, 0.6) is 0 Å². The zero-order chi connectivity index (χ0) is 22.9. The lowest BCUT2D eigenvalue weighted by molar-refractivity contribution is -0.252. The molecule has 2 heteroatoms. The standard InChI is InChI=1S/C30H50O2/c1-25(2)14-16-30-17-15-28(6)19(23(30)24(25)32-18-30)8-9-21-27(5)12-11-22(31)26(3,4)20(27)10-13-29(21,28)7/h19-24,31H,8-18H2,1-7H3/t19-,20+,21-,22+,23+,24+,27-,28-,29-,30-/m1/s1. The van der Waals surface area contributed by atoms with Crippen LogP contribution in [-0.4, -0.2) is 23.9 Å². The van der Waals surface area contributed by atoms with Crippen molar-refractivity contribution in [1.29, 1.82) is 0 Å². The van der Waals surface area contributed by atoms with Crippen molar-refractivity contribution in [3.8, 4) is 0 Å². The zero-order valence-electron chi connectivity index (χ0n) is 22.1. The van der Waals surface area contributed by atoms with Gasteiger partial charge in [-0.3, -0.25) is 0 Å². The quantitative estimate of drug-likeness (QED) is 0.428. The molecule has 32 heavy (non-hydrogen) atoms. The van der Waals surface area contributed by atoms with Crippen molar-refractivity contribution in [2.45, 2.75) is 125 Å². The molecule has 1 heterocycles. The van der Waals surface area contributed by atoms with E-state index in [0.29, 0.717) is 39.1 Å². The highest BCUT2D eigenvalue weighted by molar-refractivity contribution is 5.21. The van der Waals surface area contributed by atoms with Crippen molar-refractivity contribution in [1.82, 2.24) is 0 Å². The molecule has 2 nitrogen and oxygen atoms in total. The molecule has 0 aromatic carbocycles. The minimum absolute atomic E-state index is 0.0586. The van der Waals surface area contributed by atoms with Crippen LogP contribution in [0.4, 0.5) is 0 Å². The molecule has 182 valence electrons. The Labute approximate surface area is 197 Å². The molecule has 0 radical (unpaired) electrons. The van der Waals surface area contributed by atoms with Crippen LogP contribution in [-0.2, 0) is 4.74 Å². The van der Waals surface area contributed by atoms with Crippen molar-refractivity contribution >= 4 is 0 Å². The lowest BCUT2D eigenvalue weighted by Crippen LogP contribution is -2.67. The predicted molar refractivity (Wildman–Crippen MR) is 130 cm³/mol. The van der Waals surface area contributed by atoms with Crippen molar-refractivity contribution in [3.63, 3.8) is 0 Å². The summed E-state index contributed by atoms with van der Waals surface area (Å²) in [5, 5.41) is 10.9. The number of aliphatic hydroxyl groups excluding tert-OH is 1. The fourth-order valence-corrected chi connectivity index (χ4v) is 12.0. The van der Waals surface area contributed by atoms with E-state index in [9.17, 15) is 5.11 Å². The molecule has 0 aromatic heterocycles. The molecule has 2 bridgehead atoms. The monoisotopic (exact) mass is 442 g/mol. The fraction of sp³-hybridized carbons (Fsp3) is 1.00. The van der Waals surface area contributed by atoms with Crippen molar-refractivity contribution in [3.05, 3.63) is 0 Å². The topological polar surface area (TPSA) is 29.5 Å². The van der Waals surface area contributed by atoms with Gasteiger partial charge in [0.1, 0.15) is 0 Å². The van der Waals surface area contributed by atoms with Gasteiger partial charge >= 0.3 is 0 Å². The maximum absolute atomic E-state index is 10.9. The van der Waals surface area contributed by atoms with E-state index in [-0.39, 0.29) is 11.5 Å². The van der Waals surface area contributed by atoms with Gasteiger partial charge < -0.3 is 9.84 Å². The Balaban J connectivity index is 1.39. The summed E-state index contributed by atoms with van der Waals surface area (Å²) >= 11 is 0. The first-order valence-corrected chi connectivity index (χ1v) is 14.1. The summed E-state index contributed by atoms with van der Waals surface area (Å²) in [6, 6.07) is 0. The normalized spacial score (nSPS) is 60.0. The molecule has 1 aliphatic heterocycles. The molecule has 5 saturated carbocycles. The molecular formula is C30H50O2. The number of fused-ring (bicyclic) bond motifs is 5. The van der Waals surface area contributed by atoms with Gasteiger partial charge in [-0.25, -0.2) is 0 Å². The van der Waals surface area contributed by atoms with Gasteiger partial charge in [-0.2, -0.15) is 0 Å². The van der Waals surface area contributed by atoms with Crippen LogP contribution in [0.3, 0.4) is 0 Å². The minimum atomic E-state index is -0.122. The Morgan fingerprint density at radius 3 is 2.16 bits per heavy atom. The van der Waals surface area contributed by atoms with Gasteiger partial charge in [-0.15, -0.1) is 0 Å². The predicted octanol–water partition coefficient (Wildman–Crippen LogP) is 7.24. The lowest BCUT2D eigenvalue weighted by Gasteiger charge is -2.73. The molecular weight excluding hydrogens is 392 g/mol. The van der Waals surface area contributed by atoms with Crippen LogP contribution < -0.4 is 0 Å². The first-order chi connectivity index (χ1) is 14.8. The van der Waals surface area contributed by atoms with E-state index in [0.717, 1.165) is 30.8 Å². The van der Waals surface area contributed by atoms with Crippen LogP contribution in [0.1, 0.15) is 113 Å². The van der Waals surface area contributed by atoms with Crippen LogP contribution in [0.2, 0.25) is 0 Å². The van der Waals surface area contributed by atoms with Crippen molar-refractivity contribution in [2.24, 2.45) is 56.2 Å². The molecule has 5 aliphatic carbocycles. The highest BCUT2D eigenvalue weighted by Gasteiger charge is 2.72.